The lowest BCUT2D eigenvalue weighted by Gasteiger charge is -2.28. The zero-order valence-corrected chi connectivity index (χ0v) is 9.39. The molecule has 1 saturated carbocycles. The van der Waals surface area contributed by atoms with Crippen LogP contribution < -0.4 is 0 Å². The maximum absolute atomic E-state index is 10.3. The van der Waals surface area contributed by atoms with Crippen molar-refractivity contribution in [3.63, 3.8) is 0 Å². The van der Waals surface area contributed by atoms with Gasteiger partial charge in [0, 0.05) is 0 Å². The Kier molecular flexibility index (Phi) is 3.13. The third-order valence-electron chi connectivity index (χ3n) is 3.47. The van der Waals surface area contributed by atoms with Crippen LogP contribution in [0.5, 0.6) is 0 Å². The summed E-state index contributed by atoms with van der Waals surface area (Å²) in [5.74, 6) is 0. The molecule has 0 radical (unpaired) electrons. The Morgan fingerprint density at radius 1 is 1.19 bits per heavy atom. The van der Waals surface area contributed by atoms with Gasteiger partial charge >= 0.3 is 0 Å². The van der Waals surface area contributed by atoms with Crippen molar-refractivity contribution in [1.29, 1.82) is 0 Å². The van der Waals surface area contributed by atoms with Gasteiger partial charge in [0.1, 0.15) is 6.10 Å². The summed E-state index contributed by atoms with van der Waals surface area (Å²) in [5.41, 5.74) is 0.471. The van der Waals surface area contributed by atoms with Crippen molar-refractivity contribution in [2.75, 3.05) is 0 Å². The molecule has 0 heterocycles. The van der Waals surface area contributed by atoms with E-state index < -0.39 is 11.7 Å². The van der Waals surface area contributed by atoms with Crippen LogP contribution in [-0.4, -0.2) is 15.8 Å². The first-order valence-electron chi connectivity index (χ1n) is 5.78. The van der Waals surface area contributed by atoms with Crippen LogP contribution >= 0.6 is 0 Å². The van der Waals surface area contributed by atoms with Gasteiger partial charge in [0.05, 0.1) is 5.60 Å². The lowest BCUT2D eigenvalue weighted by atomic mass is 9.86. The smallest absolute Gasteiger partial charge is 0.103 e. The van der Waals surface area contributed by atoms with Crippen LogP contribution in [0.3, 0.4) is 0 Å². The highest BCUT2D eigenvalue weighted by atomic mass is 16.3. The van der Waals surface area contributed by atoms with Gasteiger partial charge in [-0.2, -0.15) is 0 Å². The topological polar surface area (TPSA) is 40.5 Å². The van der Waals surface area contributed by atoms with E-state index in [4.69, 9.17) is 0 Å². The van der Waals surface area contributed by atoms with E-state index in [0.29, 0.717) is 5.57 Å². The zero-order valence-electron chi connectivity index (χ0n) is 9.39. The van der Waals surface area contributed by atoms with Crippen molar-refractivity contribution < 1.29 is 10.2 Å². The van der Waals surface area contributed by atoms with Gasteiger partial charge in [0.15, 0.2) is 0 Å². The Morgan fingerprint density at radius 3 is 2.31 bits per heavy atom. The van der Waals surface area contributed by atoms with Gasteiger partial charge in [-0.1, -0.05) is 49.8 Å². The number of rotatable bonds is 3. The van der Waals surface area contributed by atoms with Crippen molar-refractivity contribution in [3.8, 4) is 0 Å². The molecule has 2 nitrogen and oxygen atoms in total. The molecule has 2 N–H and O–H groups in total. The summed E-state index contributed by atoms with van der Waals surface area (Å²) in [6.07, 6.45) is 2.70. The first kappa shape index (κ1) is 11.4. The zero-order chi connectivity index (χ0) is 11.6. The van der Waals surface area contributed by atoms with Crippen LogP contribution in [0.25, 0.3) is 0 Å². The van der Waals surface area contributed by atoms with Crippen molar-refractivity contribution in [2.24, 2.45) is 0 Å². The van der Waals surface area contributed by atoms with E-state index in [1.165, 1.54) is 0 Å². The Hall–Kier alpha value is -1.12. The third-order valence-corrected chi connectivity index (χ3v) is 3.47. The molecule has 1 fully saturated rings. The maximum atomic E-state index is 10.3. The summed E-state index contributed by atoms with van der Waals surface area (Å²) in [7, 11) is 0. The molecule has 0 spiro atoms. The minimum Gasteiger partial charge on any atom is -0.385 e. The van der Waals surface area contributed by atoms with E-state index >= 15 is 0 Å². The Morgan fingerprint density at radius 2 is 1.75 bits per heavy atom. The molecule has 1 aliphatic rings. The van der Waals surface area contributed by atoms with Gasteiger partial charge in [-0.15, -0.1) is 0 Å². The second-order valence-electron chi connectivity index (χ2n) is 4.58. The molecular weight excluding hydrogens is 200 g/mol. The van der Waals surface area contributed by atoms with Crippen molar-refractivity contribution in [1.82, 2.24) is 0 Å². The third kappa shape index (κ3) is 2.04. The summed E-state index contributed by atoms with van der Waals surface area (Å²) in [6.45, 7) is 3.88. The monoisotopic (exact) mass is 218 g/mol. The fraction of sp³-hybridized carbons (Fsp3) is 0.429. The first-order chi connectivity index (χ1) is 7.63. The number of hydrogen-bond acceptors (Lipinski definition) is 2. The van der Waals surface area contributed by atoms with Crippen LogP contribution in [0.1, 0.15) is 37.4 Å². The maximum Gasteiger partial charge on any atom is 0.103 e. The number of aliphatic hydroxyl groups is 2. The second-order valence-corrected chi connectivity index (χ2v) is 4.58. The van der Waals surface area contributed by atoms with Gasteiger partial charge in [-0.05, 0) is 24.0 Å². The molecule has 1 atom stereocenters. The van der Waals surface area contributed by atoms with Gasteiger partial charge < -0.3 is 10.2 Å². The lowest BCUT2D eigenvalue weighted by Crippen LogP contribution is -2.29. The summed E-state index contributed by atoms with van der Waals surface area (Å²) in [5, 5.41) is 20.5. The number of benzene rings is 1. The van der Waals surface area contributed by atoms with Gasteiger partial charge in [0.2, 0.25) is 0 Å². The van der Waals surface area contributed by atoms with Crippen molar-refractivity contribution >= 4 is 0 Å². The Balaban J connectivity index is 2.16. The molecule has 0 bridgehead atoms. The van der Waals surface area contributed by atoms with Crippen molar-refractivity contribution in [3.05, 3.63) is 48.0 Å². The van der Waals surface area contributed by atoms with Crippen molar-refractivity contribution in [2.45, 2.75) is 37.4 Å². The predicted octanol–water partition coefficient (Wildman–Crippen LogP) is 2.58. The minimum absolute atomic E-state index is 0.538. The second kappa shape index (κ2) is 4.40. The average molecular weight is 218 g/mol. The van der Waals surface area contributed by atoms with E-state index in [1.807, 2.05) is 30.3 Å². The van der Waals surface area contributed by atoms with Crippen LogP contribution in [0, 0.1) is 0 Å². The molecule has 0 saturated heterocycles. The Labute approximate surface area is 96.2 Å². The van der Waals surface area contributed by atoms with Crippen LogP contribution in [-0.2, 0) is 0 Å². The molecule has 16 heavy (non-hydrogen) atoms. The first-order valence-corrected chi connectivity index (χ1v) is 5.78. The fourth-order valence-corrected chi connectivity index (χ4v) is 2.37. The molecule has 0 aromatic heterocycles. The average Bonchev–Trinajstić information content (AvgIpc) is 2.77. The molecule has 1 aromatic rings. The Bertz CT molecular complexity index is 364. The van der Waals surface area contributed by atoms with E-state index in [9.17, 15) is 10.2 Å². The summed E-state index contributed by atoms with van der Waals surface area (Å²) in [6, 6.07) is 9.38. The van der Waals surface area contributed by atoms with Crippen LogP contribution in [0.15, 0.2) is 42.5 Å². The quantitative estimate of drug-likeness (QED) is 0.765. The predicted molar refractivity (Wildman–Crippen MR) is 64.0 cm³/mol. The largest absolute Gasteiger partial charge is 0.385 e. The minimum atomic E-state index is -0.866. The molecule has 86 valence electrons. The molecule has 1 aliphatic carbocycles. The van der Waals surface area contributed by atoms with Crippen LogP contribution in [0.4, 0.5) is 0 Å². The highest BCUT2D eigenvalue weighted by molar-refractivity contribution is 5.29. The van der Waals surface area contributed by atoms with Gasteiger partial charge in [-0.25, -0.2) is 0 Å². The van der Waals surface area contributed by atoms with E-state index in [-0.39, 0.29) is 0 Å². The fourth-order valence-electron chi connectivity index (χ4n) is 2.37. The van der Waals surface area contributed by atoms with E-state index in [1.54, 1.807) is 0 Å². The molecular formula is C14H18O2. The molecule has 2 heteroatoms. The summed E-state index contributed by atoms with van der Waals surface area (Å²) in [4.78, 5) is 0. The number of hydrogen-bond donors (Lipinski definition) is 2. The van der Waals surface area contributed by atoms with E-state index in [2.05, 4.69) is 6.58 Å². The molecule has 1 unspecified atom stereocenters. The van der Waals surface area contributed by atoms with Crippen LogP contribution in [0.2, 0.25) is 0 Å². The lowest BCUT2D eigenvalue weighted by molar-refractivity contribution is 0.0546. The van der Waals surface area contributed by atoms with Gasteiger partial charge in [0.25, 0.3) is 0 Å². The SMILES string of the molecule is C=C(C(O)c1ccccc1)C1(O)CCCC1. The van der Waals surface area contributed by atoms with Gasteiger partial charge in [-0.3, -0.25) is 0 Å². The summed E-state index contributed by atoms with van der Waals surface area (Å²) >= 11 is 0. The number of aliphatic hydroxyl groups excluding tert-OH is 1. The molecule has 0 aliphatic heterocycles. The molecule has 1 aromatic carbocycles. The highest BCUT2D eigenvalue weighted by Crippen LogP contribution is 2.40. The normalized spacial score (nSPS) is 20.6. The molecule has 0 amide bonds. The molecule has 2 rings (SSSR count). The standard InChI is InChI=1S/C14H18O2/c1-11(14(16)9-5-6-10-14)13(15)12-7-3-2-4-8-12/h2-4,7-8,13,15-16H,1,5-6,9-10H2. The summed E-state index contributed by atoms with van der Waals surface area (Å²) < 4.78 is 0. The highest BCUT2D eigenvalue weighted by Gasteiger charge is 2.37. The van der Waals surface area contributed by atoms with E-state index in [0.717, 1.165) is 31.2 Å².